The number of sulfonamides is 1. The molecule has 0 aromatic heterocycles. The lowest BCUT2D eigenvalue weighted by atomic mass is 10.2. The third-order valence-corrected chi connectivity index (χ3v) is 6.23. The zero-order chi connectivity index (χ0) is 19.4. The van der Waals surface area contributed by atoms with Crippen molar-refractivity contribution >= 4 is 27.3 Å². The summed E-state index contributed by atoms with van der Waals surface area (Å²) in [5, 5.41) is 2.83. The van der Waals surface area contributed by atoms with Crippen LogP contribution < -0.4 is 10.2 Å². The van der Waals surface area contributed by atoms with Gasteiger partial charge in [0.15, 0.2) is 0 Å². The van der Waals surface area contributed by atoms with Crippen LogP contribution >= 0.6 is 0 Å². The topological polar surface area (TPSA) is 79.0 Å². The lowest BCUT2D eigenvalue weighted by Gasteiger charge is -2.28. The summed E-state index contributed by atoms with van der Waals surface area (Å²) in [4.78, 5) is 14.8. The van der Waals surface area contributed by atoms with Gasteiger partial charge in [-0.05, 0) is 48.5 Å². The fourth-order valence-electron chi connectivity index (χ4n) is 2.77. The van der Waals surface area contributed by atoms with Crippen molar-refractivity contribution < 1.29 is 17.9 Å². The number of anilines is 2. The third kappa shape index (κ3) is 4.47. The molecule has 0 bridgehead atoms. The lowest BCUT2D eigenvalue weighted by Crippen LogP contribution is -2.36. The maximum atomic E-state index is 12.4. The lowest BCUT2D eigenvalue weighted by molar-refractivity contribution is 0.102. The van der Waals surface area contributed by atoms with E-state index in [4.69, 9.17) is 4.74 Å². The molecule has 0 radical (unpaired) electrons. The van der Waals surface area contributed by atoms with E-state index in [9.17, 15) is 13.2 Å². The van der Waals surface area contributed by atoms with Crippen molar-refractivity contribution in [2.24, 2.45) is 0 Å². The first-order chi connectivity index (χ1) is 12.9. The number of benzene rings is 2. The Morgan fingerprint density at radius 1 is 1.00 bits per heavy atom. The van der Waals surface area contributed by atoms with Crippen LogP contribution in [0.1, 0.15) is 10.4 Å². The van der Waals surface area contributed by atoms with Crippen LogP contribution in [0.5, 0.6) is 0 Å². The van der Waals surface area contributed by atoms with Gasteiger partial charge in [0.05, 0.1) is 18.1 Å². The standard InChI is InChI=1S/C19H23N3O4S/c1-21(2)27(24,25)18-9-3-15(4-10-18)19(23)20-16-5-7-17(8-6-16)22-11-13-26-14-12-22/h3-10H,11-14H2,1-2H3,(H,20,23). The van der Waals surface area contributed by atoms with Crippen LogP contribution in [0.2, 0.25) is 0 Å². The van der Waals surface area contributed by atoms with E-state index >= 15 is 0 Å². The molecule has 2 aromatic carbocycles. The monoisotopic (exact) mass is 389 g/mol. The van der Waals surface area contributed by atoms with Gasteiger partial charge in [-0.3, -0.25) is 4.79 Å². The first kappa shape index (κ1) is 19.3. The van der Waals surface area contributed by atoms with E-state index in [2.05, 4.69) is 10.2 Å². The van der Waals surface area contributed by atoms with Gasteiger partial charge in [0.25, 0.3) is 5.91 Å². The number of amides is 1. The molecule has 8 heteroatoms. The normalized spacial score (nSPS) is 15.0. The highest BCUT2D eigenvalue weighted by molar-refractivity contribution is 7.89. The van der Waals surface area contributed by atoms with E-state index < -0.39 is 10.0 Å². The van der Waals surface area contributed by atoms with Gasteiger partial charge in [-0.1, -0.05) is 0 Å². The van der Waals surface area contributed by atoms with E-state index in [1.54, 1.807) is 0 Å². The molecule has 0 atom stereocenters. The number of hydrogen-bond acceptors (Lipinski definition) is 5. The van der Waals surface area contributed by atoms with Gasteiger partial charge >= 0.3 is 0 Å². The molecule has 1 heterocycles. The summed E-state index contributed by atoms with van der Waals surface area (Å²) < 4.78 is 30.6. The first-order valence-electron chi connectivity index (χ1n) is 8.64. The minimum absolute atomic E-state index is 0.152. The average Bonchev–Trinajstić information content (AvgIpc) is 2.69. The Bertz CT molecular complexity index is 888. The zero-order valence-corrected chi connectivity index (χ0v) is 16.2. The molecule has 27 heavy (non-hydrogen) atoms. The molecule has 0 aliphatic carbocycles. The summed E-state index contributed by atoms with van der Waals surface area (Å²) in [6.07, 6.45) is 0. The van der Waals surface area contributed by atoms with E-state index in [0.717, 1.165) is 36.3 Å². The number of nitrogens with zero attached hydrogens (tertiary/aromatic N) is 2. The van der Waals surface area contributed by atoms with Gasteiger partial charge in [-0.2, -0.15) is 0 Å². The molecule has 0 unspecified atom stereocenters. The summed E-state index contributed by atoms with van der Waals surface area (Å²) in [6.45, 7) is 3.15. The van der Waals surface area contributed by atoms with Gasteiger partial charge in [-0.25, -0.2) is 12.7 Å². The highest BCUT2D eigenvalue weighted by Gasteiger charge is 2.17. The van der Waals surface area contributed by atoms with Crippen molar-refractivity contribution in [3.05, 3.63) is 54.1 Å². The largest absolute Gasteiger partial charge is 0.378 e. The predicted molar refractivity (Wildman–Crippen MR) is 105 cm³/mol. The van der Waals surface area contributed by atoms with Crippen molar-refractivity contribution in [3.8, 4) is 0 Å². The van der Waals surface area contributed by atoms with Gasteiger partial charge < -0.3 is 15.0 Å². The Kier molecular flexibility index (Phi) is 5.79. The van der Waals surface area contributed by atoms with Crippen molar-refractivity contribution in [2.75, 3.05) is 50.6 Å². The minimum Gasteiger partial charge on any atom is -0.378 e. The fourth-order valence-corrected chi connectivity index (χ4v) is 3.67. The minimum atomic E-state index is -3.51. The maximum Gasteiger partial charge on any atom is 0.255 e. The van der Waals surface area contributed by atoms with E-state index in [1.165, 1.54) is 38.4 Å². The van der Waals surface area contributed by atoms with Gasteiger partial charge in [0.1, 0.15) is 0 Å². The highest BCUT2D eigenvalue weighted by Crippen LogP contribution is 2.20. The summed E-state index contributed by atoms with van der Waals surface area (Å²) in [5.41, 5.74) is 2.17. The van der Waals surface area contributed by atoms with E-state index in [-0.39, 0.29) is 10.8 Å². The van der Waals surface area contributed by atoms with Crippen LogP contribution in [0.25, 0.3) is 0 Å². The second-order valence-electron chi connectivity index (χ2n) is 6.41. The van der Waals surface area contributed by atoms with Crippen LogP contribution in [-0.2, 0) is 14.8 Å². The van der Waals surface area contributed by atoms with E-state index in [1.807, 2.05) is 24.3 Å². The molecule has 1 saturated heterocycles. The van der Waals surface area contributed by atoms with Crippen LogP contribution in [-0.4, -0.2) is 59.0 Å². The van der Waals surface area contributed by atoms with E-state index in [0.29, 0.717) is 11.3 Å². The molecule has 1 N–H and O–H groups in total. The maximum absolute atomic E-state index is 12.4. The van der Waals surface area contributed by atoms with Gasteiger partial charge in [0.2, 0.25) is 10.0 Å². The highest BCUT2D eigenvalue weighted by atomic mass is 32.2. The summed E-state index contributed by atoms with van der Waals surface area (Å²) in [7, 11) is -0.568. The Balaban J connectivity index is 1.66. The molecule has 0 spiro atoms. The molecule has 3 rings (SSSR count). The number of hydrogen-bond donors (Lipinski definition) is 1. The Hall–Kier alpha value is -2.42. The van der Waals surface area contributed by atoms with Gasteiger partial charge in [0, 0.05) is 44.1 Å². The van der Waals surface area contributed by atoms with Crippen LogP contribution in [0.3, 0.4) is 0 Å². The second-order valence-corrected chi connectivity index (χ2v) is 8.56. The molecule has 0 saturated carbocycles. The summed E-state index contributed by atoms with van der Waals surface area (Å²) >= 11 is 0. The number of nitrogens with one attached hydrogen (secondary N) is 1. The Morgan fingerprint density at radius 3 is 2.15 bits per heavy atom. The molecular weight excluding hydrogens is 366 g/mol. The summed E-state index contributed by atoms with van der Waals surface area (Å²) in [5.74, 6) is -0.289. The first-order valence-corrected chi connectivity index (χ1v) is 10.1. The van der Waals surface area contributed by atoms with Gasteiger partial charge in [-0.15, -0.1) is 0 Å². The SMILES string of the molecule is CN(C)S(=O)(=O)c1ccc(C(=O)Nc2ccc(N3CCOCC3)cc2)cc1. The Morgan fingerprint density at radius 2 is 1.59 bits per heavy atom. The number of ether oxygens (including phenoxy) is 1. The number of carbonyl (C=O) groups is 1. The molecule has 7 nitrogen and oxygen atoms in total. The predicted octanol–water partition coefficient (Wildman–Crippen LogP) is 2.03. The smallest absolute Gasteiger partial charge is 0.255 e. The van der Waals surface area contributed by atoms with Crippen molar-refractivity contribution in [3.63, 3.8) is 0 Å². The van der Waals surface area contributed by atoms with Crippen molar-refractivity contribution in [1.82, 2.24) is 4.31 Å². The number of carbonyl (C=O) groups excluding carboxylic acids is 1. The van der Waals surface area contributed by atoms with Crippen molar-refractivity contribution in [1.29, 1.82) is 0 Å². The van der Waals surface area contributed by atoms with Crippen LogP contribution in [0, 0.1) is 0 Å². The number of morpholine rings is 1. The second kappa shape index (κ2) is 8.08. The Labute approximate surface area is 159 Å². The molecule has 1 fully saturated rings. The van der Waals surface area contributed by atoms with Crippen molar-refractivity contribution in [2.45, 2.75) is 4.90 Å². The molecular formula is C19H23N3O4S. The fraction of sp³-hybridized carbons (Fsp3) is 0.316. The molecule has 2 aromatic rings. The van der Waals surface area contributed by atoms with Crippen LogP contribution in [0.15, 0.2) is 53.4 Å². The van der Waals surface area contributed by atoms with Crippen LogP contribution in [0.4, 0.5) is 11.4 Å². The molecule has 144 valence electrons. The number of rotatable bonds is 5. The third-order valence-electron chi connectivity index (χ3n) is 4.40. The molecule has 1 amide bonds. The summed E-state index contributed by atoms with van der Waals surface area (Å²) in [6, 6.07) is 13.5. The quantitative estimate of drug-likeness (QED) is 0.847. The average molecular weight is 389 g/mol. The molecule has 1 aliphatic rings. The molecule has 1 aliphatic heterocycles. The zero-order valence-electron chi connectivity index (χ0n) is 15.4.